The maximum absolute atomic E-state index is 13.6. The van der Waals surface area contributed by atoms with Crippen LogP contribution in [-0.4, -0.2) is 17.3 Å². The van der Waals surface area contributed by atoms with Crippen molar-refractivity contribution in [1.29, 1.82) is 0 Å². The molecule has 0 aliphatic carbocycles. The number of hydrogen-bond acceptors (Lipinski definition) is 2. The summed E-state index contributed by atoms with van der Waals surface area (Å²) in [6, 6.07) is 17.4. The first-order valence-corrected chi connectivity index (χ1v) is 9.57. The molecule has 3 rings (SSSR count). The summed E-state index contributed by atoms with van der Waals surface area (Å²) < 4.78 is 51.7. The molecule has 0 fully saturated rings. The summed E-state index contributed by atoms with van der Waals surface area (Å²) in [4.78, 5) is 0. The van der Waals surface area contributed by atoms with E-state index in [4.69, 9.17) is 4.74 Å². The predicted octanol–water partition coefficient (Wildman–Crippen LogP) is 5.93. The van der Waals surface area contributed by atoms with Crippen molar-refractivity contribution in [2.45, 2.75) is 46.0 Å². The van der Waals surface area contributed by atoms with E-state index in [0.717, 1.165) is 23.0 Å². The minimum absolute atomic E-state index is 0.103. The van der Waals surface area contributed by atoms with E-state index >= 15 is 0 Å². The first-order valence-electron chi connectivity index (χ1n) is 9.57. The molecule has 0 bridgehead atoms. The van der Waals surface area contributed by atoms with Gasteiger partial charge in [-0.05, 0) is 43.2 Å². The molecule has 0 aliphatic heterocycles. The molecule has 2 aromatic carbocycles. The smallest absolute Gasteiger partial charge is 0.387 e. The van der Waals surface area contributed by atoms with Crippen molar-refractivity contribution in [3.8, 4) is 11.4 Å². The Bertz CT molecular complexity index is 925. The van der Waals surface area contributed by atoms with Crippen molar-refractivity contribution in [1.82, 2.24) is 4.57 Å². The molecular weight excluding hydrogens is 379 g/mol. The SMILES string of the molecule is CCc1ccc(C[C@H](C)OCc2ccccc2)n1-c1ccc(F)cc1OC(F)F. The highest BCUT2D eigenvalue weighted by molar-refractivity contribution is 5.50. The summed E-state index contributed by atoms with van der Waals surface area (Å²) in [5, 5.41) is 0. The lowest BCUT2D eigenvalue weighted by atomic mass is 10.2. The molecule has 3 nitrogen and oxygen atoms in total. The highest BCUT2D eigenvalue weighted by atomic mass is 19.3. The lowest BCUT2D eigenvalue weighted by molar-refractivity contribution is -0.0500. The Kier molecular flexibility index (Phi) is 6.99. The van der Waals surface area contributed by atoms with Gasteiger partial charge in [0, 0.05) is 23.9 Å². The summed E-state index contributed by atoms with van der Waals surface area (Å²) in [6.45, 7) is 1.39. The second-order valence-corrected chi connectivity index (χ2v) is 6.81. The molecule has 1 heterocycles. The first kappa shape index (κ1) is 21.0. The minimum atomic E-state index is -3.03. The van der Waals surface area contributed by atoms with Crippen molar-refractivity contribution in [3.63, 3.8) is 0 Å². The van der Waals surface area contributed by atoms with Crippen LogP contribution in [0.1, 0.15) is 30.8 Å². The Hall–Kier alpha value is -2.73. The van der Waals surface area contributed by atoms with Gasteiger partial charge >= 0.3 is 6.61 Å². The van der Waals surface area contributed by atoms with E-state index in [0.29, 0.717) is 25.1 Å². The fraction of sp³-hybridized carbons (Fsp3) is 0.304. The van der Waals surface area contributed by atoms with Gasteiger partial charge in [0.15, 0.2) is 5.75 Å². The van der Waals surface area contributed by atoms with Crippen LogP contribution < -0.4 is 4.74 Å². The molecular formula is C23H24F3NO2. The first-order chi connectivity index (χ1) is 14.0. The van der Waals surface area contributed by atoms with Crippen LogP contribution >= 0.6 is 0 Å². The number of aromatic nitrogens is 1. The third-order valence-corrected chi connectivity index (χ3v) is 4.66. The second-order valence-electron chi connectivity index (χ2n) is 6.81. The van der Waals surface area contributed by atoms with Gasteiger partial charge in [0.2, 0.25) is 0 Å². The van der Waals surface area contributed by atoms with Gasteiger partial charge in [-0.1, -0.05) is 37.3 Å². The minimum Gasteiger partial charge on any atom is -0.432 e. The van der Waals surface area contributed by atoms with Gasteiger partial charge in [0.25, 0.3) is 0 Å². The van der Waals surface area contributed by atoms with Gasteiger partial charge in [-0.15, -0.1) is 0 Å². The molecule has 29 heavy (non-hydrogen) atoms. The quantitative estimate of drug-likeness (QED) is 0.442. The Balaban J connectivity index is 1.84. The van der Waals surface area contributed by atoms with Crippen molar-refractivity contribution < 1.29 is 22.6 Å². The number of rotatable bonds is 9. The Morgan fingerprint density at radius 3 is 2.38 bits per heavy atom. The van der Waals surface area contributed by atoms with Crippen molar-refractivity contribution in [3.05, 3.63) is 83.4 Å². The van der Waals surface area contributed by atoms with E-state index in [-0.39, 0.29) is 11.9 Å². The van der Waals surface area contributed by atoms with Crippen LogP contribution in [0.5, 0.6) is 5.75 Å². The zero-order chi connectivity index (χ0) is 20.8. The van der Waals surface area contributed by atoms with Gasteiger partial charge in [-0.3, -0.25) is 0 Å². The predicted molar refractivity (Wildman–Crippen MR) is 106 cm³/mol. The average molecular weight is 403 g/mol. The van der Waals surface area contributed by atoms with Crippen molar-refractivity contribution in [2.24, 2.45) is 0 Å². The van der Waals surface area contributed by atoms with Crippen LogP contribution in [0.25, 0.3) is 5.69 Å². The van der Waals surface area contributed by atoms with Gasteiger partial charge in [-0.25, -0.2) is 4.39 Å². The summed E-state index contributed by atoms with van der Waals surface area (Å²) in [7, 11) is 0. The molecule has 0 N–H and O–H groups in total. The van der Waals surface area contributed by atoms with E-state index < -0.39 is 12.4 Å². The number of aryl methyl sites for hydroxylation is 1. The number of halogens is 3. The van der Waals surface area contributed by atoms with E-state index in [1.165, 1.54) is 12.1 Å². The molecule has 0 saturated heterocycles. The summed E-state index contributed by atoms with van der Waals surface area (Å²) >= 11 is 0. The van der Waals surface area contributed by atoms with Gasteiger partial charge in [0.1, 0.15) is 5.82 Å². The van der Waals surface area contributed by atoms with Gasteiger partial charge in [-0.2, -0.15) is 8.78 Å². The second kappa shape index (κ2) is 9.65. The topological polar surface area (TPSA) is 23.4 Å². The number of alkyl halides is 2. The summed E-state index contributed by atoms with van der Waals surface area (Å²) in [5.41, 5.74) is 3.27. The van der Waals surface area contributed by atoms with Crippen LogP contribution in [0.15, 0.2) is 60.7 Å². The highest BCUT2D eigenvalue weighted by Crippen LogP contribution is 2.30. The number of hydrogen-bond donors (Lipinski definition) is 0. The lowest BCUT2D eigenvalue weighted by Crippen LogP contribution is -2.16. The standard InChI is InChI=1S/C23H24F3NO2/c1-3-19-10-11-20(13-16(2)28-15-17-7-5-4-6-8-17)27(19)21-12-9-18(24)14-22(21)29-23(25)26/h4-12,14,16,23H,3,13,15H2,1-2H3/t16-/m0/s1. The Labute approximate surface area is 168 Å². The molecule has 0 amide bonds. The molecule has 1 atom stereocenters. The van der Waals surface area contributed by atoms with Gasteiger partial charge in [0.05, 0.1) is 18.4 Å². The average Bonchev–Trinajstić information content (AvgIpc) is 3.09. The lowest BCUT2D eigenvalue weighted by Gasteiger charge is -2.19. The Morgan fingerprint density at radius 1 is 0.966 bits per heavy atom. The van der Waals surface area contributed by atoms with Crippen LogP contribution in [0.2, 0.25) is 0 Å². The molecule has 0 aliphatic rings. The van der Waals surface area contributed by atoms with E-state index in [1.54, 1.807) is 0 Å². The summed E-state index contributed by atoms with van der Waals surface area (Å²) in [6.07, 6.45) is 1.15. The largest absolute Gasteiger partial charge is 0.432 e. The monoisotopic (exact) mass is 403 g/mol. The molecule has 0 saturated carbocycles. The number of ether oxygens (including phenoxy) is 2. The maximum Gasteiger partial charge on any atom is 0.387 e. The molecule has 0 unspecified atom stereocenters. The molecule has 1 aromatic heterocycles. The van der Waals surface area contributed by atoms with E-state index in [2.05, 4.69) is 4.74 Å². The molecule has 0 radical (unpaired) electrons. The normalized spacial score (nSPS) is 12.3. The van der Waals surface area contributed by atoms with Crippen molar-refractivity contribution in [2.75, 3.05) is 0 Å². The fourth-order valence-electron chi connectivity index (χ4n) is 3.30. The third kappa shape index (κ3) is 5.41. The van der Waals surface area contributed by atoms with Crippen LogP contribution in [0.3, 0.4) is 0 Å². The zero-order valence-electron chi connectivity index (χ0n) is 16.4. The molecule has 0 spiro atoms. The molecule has 3 aromatic rings. The van der Waals surface area contributed by atoms with Crippen molar-refractivity contribution >= 4 is 0 Å². The fourth-order valence-corrected chi connectivity index (χ4v) is 3.30. The number of nitrogens with zero attached hydrogens (tertiary/aromatic N) is 1. The van der Waals surface area contributed by atoms with Crippen LogP contribution in [-0.2, 0) is 24.2 Å². The molecule has 6 heteroatoms. The summed E-state index contributed by atoms with van der Waals surface area (Å²) in [5.74, 6) is -0.819. The zero-order valence-corrected chi connectivity index (χ0v) is 16.4. The Morgan fingerprint density at radius 2 is 1.69 bits per heavy atom. The van der Waals surface area contributed by atoms with Crippen LogP contribution in [0, 0.1) is 5.82 Å². The molecule has 154 valence electrons. The van der Waals surface area contributed by atoms with Gasteiger partial charge < -0.3 is 14.0 Å². The third-order valence-electron chi connectivity index (χ3n) is 4.66. The van der Waals surface area contributed by atoms with E-state index in [1.807, 2.05) is 60.9 Å². The van der Waals surface area contributed by atoms with Crippen LogP contribution in [0.4, 0.5) is 13.2 Å². The maximum atomic E-state index is 13.6. The van der Waals surface area contributed by atoms with E-state index in [9.17, 15) is 13.2 Å². The highest BCUT2D eigenvalue weighted by Gasteiger charge is 2.18. The number of benzene rings is 2.